The molecule has 0 unspecified atom stereocenters. The number of hydrogen-bond acceptors (Lipinski definition) is 4. The Balaban J connectivity index is 1.15. The van der Waals surface area contributed by atoms with Gasteiger partial charge in [0.2, 0.25) is 0 Å². The van der Waals surface area contributed by atoms with Crippen LogP contribution in [0.25, 0.3) is 87.4 Å². The molecule has 0 amide bonds. The molecule has 7 aromatic carbocycles. The first-order valence-electron chi connectivity index (χ1n) is 15.7. The fourth-order valence-electron chi connectivity index (χ4n) is 6.43. The summed E-state index contributed by atoms with van der Waals surface area (Å²) in [6.45, 7) is 0. The molecule has 9 aromatic rings. The molecule has 0 fully saturated rings. The van der Waals surface area contributed by atoms with Crippen molar-refractivity contribution in [3.63, 3.8) is 0 Å². The summed E-state index contributed by atoms with van der Waals surface area (Å²) in [5.74, 6) is 1.96. The number of hydrogen-bond donors (Lipinski definition) is 0. The summed E-state index contributed by atoms with van der Waals surface area (Å²) in [4.78, 5) is 15.1. The molecule has 0 radical (unpaired) electrons. The zero-order chi connectivity index (χ0) is 31.2. The highest BCUT2D eigenvalue weighted by Crippen LogP contribution is 2.37. The Kier molecular flexibility index (Phi) is 6.65. The van der Waals surface area contributed by atoms with Crippen LogP contribution in [0.15, 0.2) is 164 Å². The standard InChI is InChI=1S/C43H27N3S/c1-3-11-29(12-4-1)33-16-9-18-35-34(33)17-10-19-38(35)43-45-41(30-13-5-2-6-14-30)44-42(46-43)31-23-21-28(22-24-31)32-25-26-37-36-15-7-8-20-39(36)47-40(37)27-32/h1-27H. The van der Waals surface area contributed by atoms with Crippen LogP contribution >= 0.6 is 11.3 Å². The summed E-state index contributed by atoms with van der Waals surface area (Å²) in [6.07, 6.45) is 0. The van der Waals surface area contributed by atoms with Crippen LogP contribution in [0, 0.1) is 0 Å². The number of nitrogens with zero attached hydrogens (tertiary/aromatic N) is 3. The van der Waals surface area contributed by atoms with E-state index in [0.717, 1.165) is 27.6 Å². The van der Waals surface area contributed by atoms with Crippen molar-refractivity contribution in [1.82, 2.24) is 15.0 Å². The third kappa shape index (κ3) is 4.96. The highest BCUT2D eigenvalue weighted by atomic mass is 32.1. The van der Waals surface area contributed by atoms with Crippen LogP contribution in [0.5, 0.6) is 0 Å². The first-order valence-corrected chi connectivity index (χ1v) is 16.5. The van der Waals surface area contributed by atoms with Gasteiger partial charge < -0.3 is 0 Å². The average Bonchev–Trinajstić information content (AvgIpc) is 3.53. The van der Waals surface area contributed by atoms with Gasteiger partial charge in [-0.15, -0.1) is 11.3 Å². The molecule has 0 N–H and O–H groups in total. The summed E-state index contributed by atoms with van der Waals surface area (Å²) in [5, 5.41) is 4.90. The Hall–Kier alpha value is -5.97. The van der Waals surface area contributed by atoms with Gasteiger partial charge in [0.25, 0.3) is 0 Å². The Morgan fingerprint density at radius 1 is 0.298 bits per heavy atom. The summed E-state index contributed by atoms with van der Waals surface area (Å²) < 4.78 is 2.62. The fraction of sp³-hybridized carbons (Fsp3) is 0. The largest absolute Gasteiger partial charge is 0.208 e. The minimum absolute atomic E-state index is 0.650. The summed E-state index contributed by atoms with van der Waals surface area (Å²) in [5.41, 5.74) is 7.61. The molecule has 4 heteroatoms. The van der Waals surface area contributed by atoms with Gasteiger partial charge in [0.1, 0.15) is 0 Å². The van der Waals surface area contributed by atoms with Crippen molar-refractivity contribution in [3.05, 3.63) is 164 Å². The van der Waals surface area contributed by atoms with E-state index in [1.807, 2.05) is 47.7 Å². The number of aromatic nitrogens is 3. The highest BCUT2D eigenvalue weighted by molar-refractivity contribution is 7.25. The van der Waals surface area contributed by atoms with E-state index < -0.39 is 0 Å². The molecule has 47 heavy (non-hydrogen) atoms. The molecule has 2 heterocycles. The molecule has 0 saturated heterocycles. The smallest absolute Gasteiger partial charge is 0.164 e. The first kappa shape index (κ1) is 27.3. The highest BCUT2D eigenvalue weighted by Gasteiger charge is 2.16. The third-order valence-corrected chi connectivity index (χ3v) is 9.90. The van der Waals surface area contributed by atoms with Gasteiger partial charge in [-0.2, -0.15) is 0 Å². The van der Waals surface area contributed by atoms with E-state index in [2.05, 4.69) is 127 Å². The topological polar surface area (TPSA) is 38.7 Å². The van der Waals surface area contributed by atoms with Crippen LogP contribution in [-0.4, -0.2) is 15.0 Å². The van der Waals surface area contributed by atoms with Gasteiger partial charge >= 0.3 is 0 Å². The molecular formula is C43H27N3S. The lowest BCUT2D eigenvalue weighted by molar-refractivity contribution is 1.08. The van der Waals surface area contributed by atoms with E-state index in [4.69, 9.17) is 15.0 Å². The number of benzene rings is 7. The maximum absolute atomic E-state index is 5.10. The van der Waals surface area contributed by atoms with Crippen molar-refractivity contribution in [3.8, 4) is 56.4 Å². The summed E-state index contributed by atoms with van der Waals surface area (Å²) in [6, 6.07) is 57.4. The predicted octanol–water partition coefficient (Wildman–Crippen LogP) is 11.7. The van der Waals surface area contributed by atoms with Gasteiger partial charge in [-0.25, -0.2) is 15.0 Å². The van der Waals surface area contributed by atoms with E-state index in [9.17, 15) is 0 Å². The van der Waals surface area contributed by atoms with Gasteiger partial charge in [-0.05, 0) is 45.2 Å². The van der Waals surface area contributed by atoms with Crippen molar-refractivity contribution in [2.45, 2.75) is 0 Å². The maximum Gasteiger partial charge on any atom is 0.164 e. The van der Waals surface area contributed by atoms with Crippen LogP contribution in [0.3, 0.4) is 0 Å². The van der Waals surface area contributed by atoms with E-state index >= 15 is 0 Å². The molecule has 0 atom stereocenters. The molecule has 2 aromatic heterocycles. The predicted molar refractivity (Wildman–Crippen MR) is 197 cm³/mol. The van der Waals surface area contributed by atoms with Gasteiger partial charge in [0, 0.05) is 36.9 Å². The number of rotatable bonds is 5. The molecular weight excluding hydrogens is 591 g/mol. The van der Waals surface area contributed by atoms with Crippen molar-refractivity contribution in [2.24, 2.45) is 0 Å². The van der Waals surface area contributed by atoms with Crippen molar-refractivity contribution in [2.75, 3.05) is 0 Å². The van der Waals surface area contributed by atoms with Crippen LogP contribution in [0.2, 0.25) is 0 Å². The Morgan fingerprint density at radius 2 is 0.809 bits per heavy atom. The Bertz CT molecular complexity index is 2550. The first-order chi connectivity index (χ1) is 23.3. The number of thiophene rings is 1. The summed E-state index contributed by atoms with van der Waals surface area (Å²) >= 11 is 1.84. The normalized spacial score (nSPS) is 11.4. The lowest BCUT2D eigenvalue weighted by atomic mass is 9.95. The molecule has 0 saturated carbocycles. The molecule has 0 bridgehead atoms. The lowest BCUT2D eigenvalue weighted by Crippen LogP contribution is -2.00. The molecule has 0 spiro atoms. The maximum atomic E-state index is 5.10. The monoisotopic (exact) mass is 617 g/mol. The van der Waals surface area contributed by atoms with Crippen molar-refractivity contribution >= 4 is 42.3 Å². The number of fused-ring (bicyclic) bond motifs is 4. The van der Waals surface area contributed by atoms with Crippen LogP contribution in [0.1, 0.15) is 0 Å². The molecule has 9 rings (SSSR count). The van der Waals surface area contributed by atoms with Crippen molar-refractivity contribution < 1.29 is 0 Å². The molecule has 220 valence electrons. The van der Waals surface area contributed by atoms with Gasteiger partial charge in [0.15, 0.2) is 17.5 Å². The van der Waals surface area contributed by atoms with Crippen LogP contribution in [-0.2, 0) is 0 Å². The molecule has 0 aliphatic heterocycles. The second kappa shape index (κ2) is 11.4. The zero-order valence-electron chi connectivity index (χ0n) is 25.3. The minimum atomic E-state index is 0.650. The fourth-order valence-corrected chi connectivity index (χ4v) is 7.58. The van der Waals surface area contributed by atoms with Gasteiger partial charge in [-0.3, -0.25) is 0 Å². The van der Waals surface area contributed by atoms with E-state index in [1.54, 1.807) is 0 Å². The quantitative estimate of drug-likeness (QED) is 0.193. The van der Waals surface area contributed by atoms with Gasteiger partial charge in [0.05, 0.1) is 0 Å². The van der Waals surface area contributed by atoms with E-state index in [1.165, 1.54) is 42.2 Å². The Labute approximate surface area is 276 Å². The molecule has 3 nitrogen and oxygen atoms in total. The summed E-state index contributed by atoms with van der Waals surface area (Å²) in [7, 11) is 0. The lowest BCUT2D eigenvalue weighted by Gasteiger charge is -2.12. The SMILES string of the molecule is c1ccc(-c2nc(-c3ccc(-c4ccc5c(c4)sc4ccccc45)cc3)nc(-c3cccc4c(-c5ccccc5)cccc34)n2)cc1. The van der Waals surface area contributed by atoms with Gasteiger partial charge in [-0.1, -0.05) is 152 Å². The van der Waals surface area contributed by atoms with Crippen LogP contribution < -0.4 is 0 Å². The van der Waals surface area contributed by atoms with E-state index in [-0.39, 0.29) is 0 Å². The van der Waals surface area contributed by atoms with Crippen molar-refractivity contribution in [1.29, 1.82) is 0 Å². The van der Waals surface area contributed by atoms with E-state index in [0.29, 0.717) is 17.5 Å². The molecule has 0 aliphatic carbocycles. The second-order valence-electron chi connectivity index (χ2n) is 11.6. The average molecular weight is 618 g/mol. The van der Waals surface area contributed by atoms with Crippen LogP contribution in [0.4, 0.5) is 0 Å². The second-order valence-corrected chi connectivity index (χ2v) is 12.7. The zero-order valence-corrected chi connectivity index (χ0v) is 26.2. The third-order valence-electron chi connectivity index (χ3n) is 8.77. The minimum Gasteiger partial charge on any atom is -0.208 e. The molecule has 0 aliphatic rings. The Morgan fingerprint density at radius 3 is 1.55 bits per heavy atom.